The fourth-order valence-electron chi connectivity index (χ4n) is 6.95. The molecular formula is C48H84O12S. The van der Waals surface area contributed by atoms with Gasteiger partial charge in [0.2, 0.25) is 0 Å². The van der Waals surface area contributed by atoms with Crippen LogP contribution in [0, 0.1) is 0 Å². The molecule has 2 unspecified atom stereocenters. The molecule has 0 spiro atoms. The van der Waals surface area contributed by atoms with Crippen LogP contribution in [0.5, 0.6) is 0 Å². The van der Waals surface area contributed by atoms with Gasteiger partial charge >= 0.3 is 11.9 Å². The number of rotatable bonds is 39. The predicted molar refractivity (Wildman–Crippen MR) is 242 cm³/mol. The third-order valence-electron chi connectivity index (χ3n) is 10.7. The molecule has 0 aromatic rings. The predicted octanol–water partition coefficient (Wildman–Crippen LogP) is 9.95. The molecule has 0 aromatic carbocycles. The van der Waals surface area contributed by atoms with Gasteiger partial charge < -0.3 is 34.3 Å². The fourth-order valence-corrected chi connectivity index (χ4v) is 7.64. The SMILES string of the molecule is CCCCC/C=C/C/C=C/C/C=C/C/C=C/CCCCCC(=O)OC[C@H](CO[C@H]1O[C@H](CS(=O)(=O)O)[C@@H](O)C(O)C1O)OC(=O)CCCCCCCCCCCCCCCC. The second-order valence-corrected chi connectivity index (χ2v) is 17.9. The summed E-state index contributed by atoms with van der Waals surface area (Å²) in [6.07, 6.45) is 35.8. The van der Waals surface area contributed by atoms with Crippen molar-refractivity contribution < 1.29 is 56.8 Å². The normalized spacial score (nSPS) is 20.4. The first-order chi connectivity index (χ1) is 29.5. The number of ether oxygens (including phenoxy) is 4. The molecule has 1 saturated heterocycles. The number of aliphatic hydroxyl groups is 3. The Morgan fingerprint density at radius 1 is 0.557 bits per heavy atom. The van der Waals surface area contributed by atoms with Crippen molar-refractivity contribution in [3.63, 3.8) is 0 Å². The van der Waals surface area contributed by atoms with Crippen molar-refractivity contribution in [2.75, 3.05) is 19.0 Å². The monoisotopic (exact) mass is 885 g/mol. The van der Waals surface area contributed by atoms with E-state index in [1.807, 2.05) is 0 Å². The van der Waals surface area contributed by atoms with Gasteiger partial charge in [-0.05, 0) is 57.8 Å². The zero-order chi connectivity index (χ0) is 44.8. The average molecular weight is 885 g/mol. The van der Waals surface area contributed by atoms with Crippen molar-refractivity contribution in [2.45, 2.75) is 224 Å². The molecular weight excluding hydrogens is 801 g/mol. The van der Waals surface area contributed by atoms with E-state index in [0.717, 1.165) is 57.8 Å². The number of hydrogen-bond donors (Lipinski definition) is 4. The summed E-state index contributed by atoms with van der Waals surface area (Å²) >= 11 is 0. The van der Waals surface area contributed by atoms with Gasteiger partial charge in [0.05, 0.1) is 6.61 Å². The summed E-state index contributed by atoms with van der Waals surface area (Å²) in [5, 5.41) is 30.9. The summed E-state index contributed by atoms with van der Waals surface area (Å²) in [6, 6.07) is 0. The van der Waals surface area contributed by atoms with Gasteiger partial charge in [0.15, 0.2) is 12.4 Å². The maximum absolute atomic E-state index is 12.8. The van der Waals surface area contributed by atoms with Crippen LogP contribution < -0.4 is 0 Å². The first-order valence-corrected chi connectivity index (χ1v) is 25.3. The van der Waals surface area contributed by atoms with Gasteiger partial charge in [-0.25, -0.2) is 0 Å². The van der Waals surface area contributed by atoms with Gasteiger partial charge in [-0.2, -0.15) is 8.42 Å². The summed E-state index contributed by atoms with van der Waals surface area (Å²) in [5.41, 5.74) is 0. The lowest BCUT2D eigenvalue weighted by atomic mass is 10.00. The van der Waals surface area contributed by atoms with E-state index in [1.54, 1.807) is 0 Å². The first-order valence-electron chi connectivity index (χ1n) is 23.7. The van der Waals surface area contributed by atoms with E-state index in [9.17, 15) is 37.9 Å². The molecule has 1 aliphatic rings. The highest BCUT2D eigenvalue weighted by Gasteiger charge is 2.46. The maximum Gasteiger partial charge on any atom is 0.306 e. The second kappa shape index (κ2) is 38.1. The van der Waals surface area contributed by atoms with Crippen molar-refractivity contribution in [3.8, 4) is 0 Å². The van der Waals surface area contributed by atoms with Gasteiger partial charge in [-0.3, -0.25) is 14.1 Å². The minimum Gasteiger partial charge on any atom is -0.462 e. The Balaban J connectivity index is 2.45. The number of carbonyl (C=O) groups excluding carboxylic acids is 2. The van der Waals surface area contributed by atoms with E-state index in [-0.39, 0.29) is 19.4 Å². The summed E-state index contributed by atoms with van der Waals surface area (Å²) in [4.78, 5) is 25.4. The quantitative estimate of drug-likeness (QED) is 0.0198. The van der Waals surface area contributed by atoms with E-state index in [2.05, 4.69) is 62.5 Å². The molecule has 1 rings (SSSR count). The molecule has 4 N–H and O–H groups in total. The van der Waals surface area contributed by atoms with Crippen LogP contribution >= 0.6 is 0 Å². The number of allylic oxidation sites excluding steroid dienone is 8. The number of aliphatic hydroxyl groups excluding tert-OH is 3. The van der Waals surface area contributed by atoms with Crippen molar-refractivity contribution in [2.24, 2.45) is 0 Å². The van der Waals surface area contributed by atoms with Gasteiger partial charge in [0.25, 0.3) is 10.1 Å². The van der Waals surface area contributed by atoms with Gasteiger partial charge in [-0.15, -0.1) is 0 Å². The Morgan fingerprint density at radius 3 is 1.49 bits per heavy atom. The standard InChI is InChI=1S/C48H84O12S/c1-3-5-7-9-11-13-15-17-19-20-21-22-23-25-26-28-30-32-34-36-43(49)57-38-41(39-58-48-47(53)46(52)45(51)42(60-48)40-61(54,55)56)59-44(50)37-35-33-31-29-27-24-18-16-14-12-10-8-6-4-2/h11,13,17,19,21-22,25-26,41-42,45-48,51-53H,3-10,12,14-16,18,20,23-24,27-40H2,1-2H3,(H,54,55,56)/b13-11+,19-17+,22-21+,26-25+/t41-,42-,45-,46?,47?,48+/m1/s1. The Hall–Kier alpha value is -2.39. The van der Waals surface area contributed by atoms with E-state index in [4.69, 9.17) is 18.9 Å². The molecule has 6 atom stereocenters. The highest BCUT2D eigenvalue weighted by atomic mass is 32.2. The minimum atomic E-state index is -4.61. The van der Waals surface area contributed by atoms with E-state index in [1.165, 1.54) is 89.9 Å². The largest absolute Gasteiger partial charge is 0.462 e. The zero-order valence-electron chi connectivity index (χ0n) is 37.8. The summed E-state index contributed by atoms with van der Waals surface area (Å²) in [6.45, 7) is 3.71. The van der Waals surface area contributed by atoms with Crippen LogP contribution in [0.4, 0.5) is 0 Å². The third kappa shape index (κ3) is 32.9. The zero-order valence-corrected chi connectivity index (χ0v) is 38.6. The summed E-state index contributed by atoms with van der Waals surface area (Å²) in [7, 11) is -4.61. The lowest BCUT2D eigenvalue weighted by Crippen LogP contribution is -2.60. The average Bonchev–Trinajstić information content (AvgIpc) is 3.22. The van der Waals surface area contributed by atoms with E-state index in [0.29, 0.717) is 12.8 Å². The molecule has 0 bridgehead atoms. The summed E-state index contributed by atoms with van der Waals surface area (Å²) < 4.78 is 54.1. The topological polar surface area (TPSA) is 186 Å². The molecule has 0 saturated carbocycles. The maximum atomic E-state index is 12.8. The van der Waals surface area contributed by atoms with Crippen molar-refractivity contribution >= 4 is 22.1 Å². The molecule has 0 aromatic heterocycles. The van der Waals surface area contributed by atoms with Crippen molar-refractivity contribution in [3.05, 3.63) is 48.6 Å². The van der Waals surface area contributed by atoms with Crippen LogP contribution in [0.3, 0.4) is 0 Å². The van der Waals surface area contributed by atoms with Crippen LogP contribution in [-0.4, -0.2) is 96.0 Å². The molecule has 0 radical (unpaired) electrons. The second-order valence-electron chi connectivity index (χ2n) is 16.4. The van der Waals surface area contributed by atoms with E-state index < -0.39 is 71.2 Å². The highest BCUT2D eigenvalue weighted by molar-refractivity contribution is 7.85. The smallest absolute Gasteiger partial charge is 0.306 e. The number of unbranched alkanes of at least 4 members (excludes halogenated alkanes) is 19. The van der Waals surface area contributed by atoms with Crippen LogP contribution in [0.1, 0.15) is 187 Å². The van der Waals surface area contributed by atoms with Gasteiger partial charge in [-0.1, -0.05) is 165 Å². The molecule has 0 amide bonds. The fraction of sp³-hybridized carbons (Fsp3) is 0.792. The molecule has 1 aliphatic heterocycles. The Kier molecular flexibility index (Phi) is 35.4. The molecule has 354 valence electrons. The highest BCUT2D eigenvalue weighted by Crippen LogP contribution is 2.24. The molecule has 13 heteroatoms. The molecule has 0 aliphatic carbocycles. The Labute approximate surface area is 369 Å². The molecule has 61 heavy (non-hydrogen) atoms. The first kappa shape index (κ1) is 56.6. The minimum absolute atomic E-state index is 0.159. The molecule has 1 heterocycles. The number of carbonyl (C=O) groups is 2. The summed E-state index contributed by atoms with van der Waals surface area (Å²) in [5.74, 6) is -2.02. The lowest BCUT2D eigenvalue weighted by molar-refractivity contribution is -0.297. The number of hydrogen-bond acceptors (Lipinski definition) is 11. The van der Waals surface area contributed by atoms with Crippen LogP contribution in [0.15, 0.2) is 48.6 Å². The lowest BCUT2D eigenvalue weighted by Gasteiger charge is -2.40. The third-order valence-corrected chi connectivity index (χ3v) is 11.4. The van der Waals surface area contributed by atoms with Crippen LogP contribution in [0.25, 0.3) is 0 Å². The number of esters is 2. The van der Waals surface area contributed by atoms with E-state index >= 15 is 0 Å². The Morgan fingerprint density at radius 2 is 0.984 bits per heavy atom. The van der Waals surface area contributed by atoms with Crippen molar-refractivity contribution in [1.82, 2.24) is 0 Å². The van der Waals surface area contributed by atoms with Crippen LogP contribution in [0.2, 0.25) is 0 Å². The van der Waals surface area contributed by atoms with Gasteiger partial charge in [0.1, 0.15) is 36.8 Å². The van der Waals surface area contributed by atoms with Gasteiger partial charge in [0, 0.05) is 12.8 Å². The Bertz CT molecular complexity index is 1310. The molecule has 1 fully saturated rings. The van der Waals surface area contributed by atoms with Crippen LogP contribution in [-0.2, 0) is 38.7 Å². The molecule has 12 nitrogen and oxygen atoms in total. The van der Waals surface area contributed by atoms with Crippen molar-refractivity contribution in [1.29, 1.82) is 0 Å².